The number of aryl methyl sites for hydroxylation is 1. The van der Waals surface area contributed by atoms with Crippen molar-refractivity contribution in [3.63, 3.8) is 0 Å². The molecule has 1 saturated carbocycles. The fourth-order valence-electron chi connectivity index (χ4n) is 2.83. The van der Waals surface area contributed by atoms with Crippen LogP contribution in [0.4, 0.5) is 5.69 Å². The van der Waals surface area contributed by atoms with Crippen molar-refractivity contribution in [2.45, 2.75) is 25.8 Å². The van der Waals surface area contributed by atoms with E-state index in [9.17, 15) is 0 Å². The third kappa shape index (κ3) is 1.69. The van der Waals surface area contributed by atoms with E-state index in [1.54, 1.807) is 0 Å². The van der Waals surface area contributed by atoms with Crippen LogP contribution in [0.5, 0.6) is 0 Å². The normalized spacial score (nSPS) is 31.0. The van der Waals surface area contributed by atoms with Crippen LogP contribution in [0.1, 0.15) is 18.4 Å². The Morgan fingerprint density at radius 2 is 2.25 bits per heavy atom. The molecule has 3 rings (SSSR count). The first-order chi connectivity index (χ1) is 7.74. The average Bonchev–Trinajstić information content (AvgIpc) is 2.61. The van der Waals surface area contributed by atoms with Gasteiger partial charge in [-0.15, -0.1) is 0 Å². The fraction of sp³-hybridized carbons (Fsp3) is 0.429. The predicted molar refractivity (Wildman–Crippen MR) is 71.6 cm³/mol. The smallest absolute Gasteiger partial charge is 0.0345 e. The standard InChI is InChI=1S/C14H16BrN/c1-9-7-11(5-6-13(9)15)16-14-8-10-3-2-4-12(10)14/h2,4-7,10,12,14,16H,3,8H2,1H3. The summed E-state index contributed by atoms with van der Waals surface area (Å²) in [5.74, 6) is 1.71. The molecule has 2 aliphatic carbocycles. The highest BCUT2D eigenvalue weighted by Crippen LogP contribution is 2.44. The summed E-state index contributed by atoms with van der Waals surface area (Å²) in [6.45, 7) is 2.13. The Hall–Kier alpha value is -0.760. The van der Waals surface area contributed by atoms with Crippen molar-refractivity contribution in [2.24, 2.45) is 11.8 Å². The lowest BCUT2D eigenvalue weighted by atomic mass is 9.71. The van der Waals surface area contributed by atoms with Crippen molar-refractivity contribution in [3.05, 3.63) is 40.4 Å². The Bertz CT molecular complexity index is 438. The molecule has 0 bridgehead atoms. The lowest BCUT2D eigenvalue weighted by molar-refractivity contribution is 0.218. The summed E-state index contributed by atoms with van der Waals surface area (Å²) in [4.78, 5) is 0. The highest BCUT2D eigenvalue weighted by atomic mass is 79.9. The van der Waals surface area contributed by atoms with Crippen LogP contribution in [0.2, 0.25) is 0 Å². The average molecular weight is 278 g/mol. The van der Waals surface area contributed by atoms with E-state index in [1.807, 2.05) is 0 Å². The number of allylic oxidation sites excluding steroid dienone is 1. The first-order valence-corrected chi connectivity index (χ1v) is 6.73. The summed E-state index contributed by atoms with van der Waals surface area (Å²) >= 11 is 3.53. The first kappa shape index (κ1) is 10.4. The van der Waals surface area contributed by atoms with E-state index in [1.165, 1.54) is 28.6 Å². The molecule has 1 N–H and O–H groups in total. The fourth-order valence-corrected chi connectivity index (χ4v) is 3.08. The number of fused-ring (bicyclic) bond motifs is 1. The first-order valence-electron chi connectivity index (χ1n) is 5.93. The maximum atomic E-state index is 3.65. The van der Waals surface area contributed by atoms with Gasteiger partial charge in [0.2, 0.25) is 0 Å². The molecule has 0 amide bonds. The van der Waals surface area contributed by atoms with E-state index in [0.717, 1.165) is 11.8 Å². The van der Waals surface area contributed by atoms with Crippen LogP contribution < -0.4 is 5.32 Å². The summed E-state index contributed by atoms with van der Waals surface area (Å²) in [5.41, 5.74) is 2.55. The topological polar surface area (TPSA) is 12.0 Å². The van der Waals surface area contributed by atoms with Gasteiger partial charge in [0.25, 0.3) is 0 Å². The molecule has 1 aromatic rings. The number of halogens is 1. The van der Waals surface area contributed by atoms with Gasteiger partial charge >= 0.3 is 0 Å². The summed E-state index contributed by atoms with van der Waals surface area (Å²) in [6, 6.07) is 7.15. The van der Waals surface area contributed by atoms with Crippen LogP contribution in [0.15, 0.2) is 34.8 Å². The summed E-state index contributed by atoms with van der Waals surface area (Å²) in [5, 5.41) is 3.65. The van der Waals surface area contributed by atoms with Gasteiger partial charge in [-0.25, -0.2) is 0 Å². The number of rotatable bonds is 2. The van der Waals surface area contributed by atoms with Gasteiger partial charge in [-0.1, -0.05) is 28.1 Å². The number of benzene rings is 1. The molecule has 2 heteroatoms. The van der Waals surface area contributed by atoms with Crippen LogP contribution in [-0.4, -0.2) is 6.04 Å². The van der Waals surface area contributed by atoms with E-state index in [-0.39, 0.29) is 0 Å². The summed E-state index contributed by atoms with van der Waals surface area (Å²) in [7, 11) is 0. The Labute approximate surface area is 105 Å². The van der Waals surface area contributed by atoms with Gasteiger partial charge < -0.3 is 5.32 Å². The predicted octanol–water partition coefficient (Wildman–Crippen LogP) is 4.13. The molecule has 1 aromatic carbocycles. The van der Waals surface area contributed by atoms with Crippen LogP contribution >= 0.6 is 15.9 Å². The number of hydrogen-bond donors (Lipinski definition) is 1. The Kier molecular flexibility index (Phi) is 2.55. The third-order valence-corrected chi connectivity index (χ3v) is 4.76. The minimum Gasteiger partial charge on any atom is -0.382 e. The minimum atomic E-state index is 0.657. The van der Waals surface area contributed by atoms with Gasteiger partial charge in [0, 0.05) is 22.1 Å². The van der Waals surface area contributed by atoms with Gasteiger partial charge in [-0.05, 0) is 49.4 Å². The zero-order valence-corrected chi connectivity index (χ0v) is 11.0. The maximum Gasteiger partial charge on any atom is 0.0345 e. The number of anilines is 1. The Balaban J connectivity index is 1.70. The molecule has 16 heavy (non-hydrogen) atoms. The molecular weight excluding hydrogens is 262 g/mol. The van der Waals surface area contributed by atoms with Gasteiger partial charge in [0.1, 0.15) is 0 Å². The summed E-state index contributed by atoms with van der Waals surface area (Å²) in [6.07, 6.45) is 7.34. The highest BCUT2D eigenvalue weighted by Gasteiger charge is 2.40. The molecule has 1 fully saturated rings. The molecule has 84 valence electrons. The molecule has 0 heterocycles. The van der Waals surface area contributed by atoms with Gasteiger partial charge in [0.15, 0.2) is 0 Å². The number of hydrogen-bond acceptors (Lipinski definition) is 1. The molecule has 3 unspecified atom stereocenters. The van der Waals surface area contributed by atoms with E-state index in [4.69, 9.17) is 0 Å². The lowest BCUT2D eigenvalue weighted by Gasteiger charge is -2.41. The molecule has 0 aromatic heterocycles. The van der Waals surface area contributed by atoms with Crippen molar-refractivity contribution < 1.29 is 0 Å². The van der Waals surface area contributed by atoms with Gasteiger partial charge in [-0.2, -0.15) is 0 Å². The van der Waals surface area contributed by atoms with E-state index >= 15 is 0 Å². The second-order valence-corrected chi connectivity index (χ2v) is 5.81. The molecule has 2 aliphatic rings. The van der Waals surface area contributed by atoms with Crippen LogP contribution in [-0.2, 0) is 0 Å². The van der Waals surface area contributed by atoms with Crippen molar-refractivity contribution >= 4 is 21.6 Å². The Morgan fingerprint density at radius 3 is 3.00 bits per heavy atom. The molecular formula is C14H16BrN. The molecule has 0 saturated heterocycles. The van der Waals surface area contributed by atoms with Crippen LogP contribution in [0, 0.1) is 18.8 Å². The zero-order valence-electron chi connectivity index (χ0n) is 9.41. The second kappa shape index (κ2) is 3.92. The molecule has 3 atom stereocenters. The van der Waals surface area contributed by atoms with E-state index < -0.39 is 0 Å². The SMILES string of the molecule is Cc1cc(NC2CC3CC=CC32)ccc1Br. The van der Waals surface area contributed by atoms with Crippen LogP contribution in [0.25, 0.3) is 0 Å². The molecule has 0 aliphatic heterocycles. The van der Waals surface area contributed by atoms with Crippen molar-refractivity contribution in [3.8, 4) is 0 Å². The molecule has 0 spiro atoms. The highest BCUT2D eigenvalue weighted by molar-refractivity contribution is 9.10. The molecule has 0 radical (unpaired) electrons. The largest absolute Gasteiger partial charge is 0.382 e. The minimum absolute atomic E-state index is 0.657. The zero-order chi connectivity index (χ0) is 11.1. The van der Waals surface area contributed by atoms with Crippen LogP contribution in [0.3, 0.4) is 0 Å². The van der Waals surface area contributed by atoms with Crippen molar-refractivity contribution in [1.82, 2.24) is 0 Å². The lowest BCUT2D eigenvalue weighted by Crippen LogP contribution is -2.43. The van der Waals surface area contributed by atoms with Gasteiger partial charge in [-0.3, -0.25) is 0 Å². The number of nitrogens with one attached hydrogen (secondary N) is 1. The second-order valence-electron chi connectivity index (χ2n) is 4.95. The monoisotopic (exact) mass is 277 g/mol. The summed E-state index contributed by atoms with van der Waals surface area (Å²) < 4.78 is 1.19. The quantitative estimate of drug-likeness (QED) is 0.802. The van der Waals surface area contributed by atoms with Crippen molar-refractivity contribution in [1.29, 1.82) is 0 Å². The molecule has 1 nitrogen and oxygen atoms in total. The van der Waals surface area contributed by atoms with E-state index in [2.05, 4.69) is 58.5 Å². The van der Waals surface area contributed by atoms with Gasteiger partial charge in [0.05, 0.1) is 0 Å². The maximum absolute atomic E-state index is 3.65. The van der Waals surface area contributed by atoms with E-state index in [0.29, 0.717) is 6.04 Å². The van der Waals surface area contributed by atoms with Crippen molar-refractivity contribution in [2.75, 3.05) is 5.32 Å². The Morgan fingerprint density at radius 1 is 1.38 bits per heavy atom. The third-order valence-electron chi connectivity index (χ3n) is 3.87.